The number of aryl methyl sites for hydroxylation is 2. The molecule has 34 heavy (non-hydrogen) atoms. The molecule has 1 N–H and O–H groups in total. The number of ether oxygens (including phenoxy) is 1. The van der Waals surface area contributed by atoms with Crippen LogP contribution in [0.4, 0.5) is 5.69 Å². The zero-order chi connectivity index (χ0) is 23.7. The van der Waals surface area contributed by atoms with Crippen LogP contribution < -0.4 is 5.32 Å². The summed E-state index contributed by atoms with van der Waals surface area (Å²) in [6.45, 7) is 5.87. The lowest BCUT2D eigenvalue weighted by Crippen LogP contribution is -2.40. The number of morpholine rings is 1. The van der Waals surface area contributed by atoms with Crippen molar-refractivity contribution in [2.45, 2.75) is 20.3 Å². The van der Waals surface area contributed by atoms with Crippen LogP contribution in [-0.4, -0.2) is 48.0 Å². The minimum atomic E-state index is -0.311. The second kappa shape index (κ2) is 9.40. The van der Waals surface area contributed by atoms with E-state index in [0.29, 0.717) is 53.5 Å². The van der Waals surface area contributed by atoms with Crippen LogP contribution in [0.1, 0.15) is 38.4 Å². The Hall–Kier alpha value is -3.49. The molecule has 0 spiro atoms. The number of aromatic nitrogens is 1. The number of furan rings is 1. The third-order valence-corrected chi connectivity index (χ3v) is 7.14. The molecule has 1 saturated heterocycles. The Bertz CT molecular complexity index is 1350. The number of para-hydroxylation sites is 1. The molecule has 2 amide bonds. The van der Waals surface area contributed by atoms with Gasteiger partial charge in [0.2, 0.25) is 5.76 Å². The van der Waals surface area contributed by atoms with E-state index >= 15 is 0 Å². The van der Waals surface area contributed by atoms with Gasteiger partial charge in [0.15, 0.2) is 0 Å². The molecule has 1 fully saturated rings. The van der Waals surface area contributed by atoms with E-state index < -0.39 is 0 Å². The number of nitrogens with zero attached hydrogens (tertiary/aromatic N) is 2. The number of amides is 2. The van der Waals surface area contributed by atoms with Crippen LogP contribution in [0.2, 0.25) is 0 Å². The summed E-state index contributed by atoms with van der Waals surface area (Å²) in [6, 6.07) is 15.5. The number of nitrogens with one attached hydrogen (secondary N) is 1. The Balaban J connectivity index is 1.46. The first-order chi connectivity index (χ1) is 16.5. The summed E-state index contributed by atoms with van der Waals surface area (Å²) in [4.78, 5) is 33.4. The number of fused-ring (bicyclic) bond motifs is 1. The number of hydrogen-bond donors (Lipinski definition) is 1. The zero-order valence-electron chi connectivity index (χ0n) is 19.1. The monoisotopic (exact) mass is 475 g/mol. The van der Waals surface area contributed by atoms with Crippen molar-refractivity contribution in [2.75, 3.05) is 31.6 Å². The van der Waals surface area contributed by atoms with E-state index in [0.717, 1.165) is 17.0 Å². The maximum atomic E-state index is 13.3. The Morgan fingerprint density at radius 1 is 1.09 bits per heavy atom. The normalized spacial score (nSPS) is 13.9. The molecule has 2 aromatic carbocycles. The first-order valence-electron chi connectivity index (χ1n) is 11.3. The van der Waals surface area contributed by atoms with Gasteiger partial charge < -0.3 is 19.4 Å². The van der Waals surface area contributed by atoms with Crippen LogP contribution in [0, 0.1) is 6.92 Å². The topological polar surface area (TPSA) is 84.7 Å². The predicted molar refractivity (Wildman–Crippen MR) is 133 cm³/mol. The second-order valence-electron chi connectivity index (χ2n) is 8.15. The van der Waals surface area contributed by atoms with Crippen molar-refractivity contribution < 1.29 is 18.7 Å². The Labute approximate surface area is 201 Å². The molecular formula is C26H25N3O4S. The van der Waals surface area contributed by atoms with E-state index in [4.69, 9.17) is 9.15 Å². The summed E-state index contributed by atoms with van der Waals surface area (Å²) in [5, 5.41) is 4.42. The van der Waals surface area contributed by atoms with Gasteiger partial charge in [-0.1, -0.05) is 43.3 Å². The average Bonchev–Trinajstić information content (AvgIpc) is 3.45. The minimum absolute atomic E-state index is 0.133. The van der Waals surface area contributed by atoms with E-state index in [2.05, 4.69) is 29.4 Å². The van der Waals surface area contributed by atoms with E-state index in [1.807, 2.05) is 37.3 Å². The van der Waals surface area contributed by atoms with Gasteiger partial charge in [0, 0.05) is 24.0 Å². The maximum absolute atomic E-state index is 13.3. The lowest BCUT2D eigenvalue weighted by molar-refractivity contribution is 0.0285. The molecule has 0 atom stereocenters. The van der Waals surface area contributed by atoms with E-state index in [1.54, 1.807) is 11.0 Å². The van der Waals surface area contributed by atoms with Gasteiger partial charge in [0.1, 0.15) is 21.2 Å². The third kappa shape index (κ3) is 4.22. The molecule has 1 aliphatic heterocycles. The summed E-state index contributed by atoms with van der Waals surface area (Å²) in [5.74, 6) is -0.435. The molecule has 1 aliphatic rings. The van der Waals surface area contributed by atoms with Gasteiger partial charge in [-0.05, 0) is 31.0 Å². The molecule has 0 radical (unpaired) electrons. The summed E-state index contributed by atoms with van der Waals surface area (Å²) in [6.07, 6.45) is 0.967. The van der Waals surface area contributed by atoms with Crippen molar-refractivity contribution in [1.29, 1.82) is 0 Å². The third-order valence-electron chi connectivity index (χ3n) is 5.94. The number of carbonyl (C=O) groups excluding carboxylic acids is 2. The first kappa shape index (κ1) is 22.3. The molecule has 174 valence electrons. The van der Waals surface area contributed by atoms with Gasteiger partial charge in [-0.3, -0.25) is 9.59 Å². The van der Waals surface area contributed by atoms with Crippen LogP contribution in [0.5, 0.6) is 0 Å². The fourth-order valence-electron chi connectivity index (χ4n) is 4.01. The Morgan fingerprint density at radius 3 is 2.56 bits per heavy atom. The molecule has 0 aliphatic carbocycles. The molecule has 4 aromatic rings. The van der Waals surface area contributed by atoms with Gasteiger partial charge in [0.25, 0.3) is 11.8 Å². The molecule has 7 nitrogen and oxygen atoms in total. The van der Waals surface area contributed by atoms with Gasteiger partial charge in [0.05, 0.1) is 18.9 Å². The number of carbonyl (C=O) groups is 2. The molecule has 5 rings (SSSR count). The summed E-state index contributed by atoms with van der Waals surface area (Å²) in [5.41, 5.74) is 3.80. The van der Waals surface area contributed by atoms with Crippen LogP contribution in [0.3, 0.4) is 0 Å². The number of hydrogen-bond acceptors (Lipinski definition) is 6. The fourth-order valence-corrected chi connectivity index (χ4v) is 4.98. The number of thiazole rings is 1. The number of rotatable bonds is 5. The van der Waals surface area contributed by atoms with E-state index in [9.17, 15) is 9.59 Å². The van der Waals surface area contributed by atoms with Crippen molar-refractivity contribution in [3.8, 4) is 10.6 Å². The fraction of sp³-hybridized carbons (Fsp3) is 0.269. The van der Waals surface area contributed by atoms with E-state index in [-0.39, 0.29) is 17.6 Å². The zero-order valence-corrected chi connectivity index (χ0v) is 19.9. The Kier molecular flexibility index (Phi) is 6.17. The lowest BCUT2D eigenvalue weighted by Gasteiger charge is -2.26. The summed E-state index contributed by atoms with van der Waals surface area (Å²) in [7, 11) is 0. The number of anilines is 1. The van der Waals surface area contributed by atoms with Gasteiger partial charge in [-0.15, -0.1) is 11.3 Å². The van der Waals surface area contributed by atoms with Crippen molar-refractivity contribution in [3.05, 3.63) is 70.4 Å². The van der Waals surface area contributed by atoms with Crippen LogP contribution in [0.15, 0.2) is 52.9 Å². The second-order valence-corrected chi connectivity index (χ2v) is 9.14. The molecule has 0 bridgehead atoms. The molecule has 0 unspecified atom stereocenters. The largest absolute Gasteiger partial charge is 0.449 e. The highest BCUT2D eigenvalue weighted by Gasteiger charge is 2.28. The maximum Gasteiger partial charge on any atom is 0.291 e. The van der Waals surface area contributed by atoms with Crippen molar-refractivity contribution in [3.63, 3.8) is 0 Å². The average molecular weight is 476 g/mol. The highest BCUT2D eigenvalue weighted by Crippen LogP contribution is 2.34. The van der Waals surface area contributed by atoms with Crippen molar-refractivity contribution >= 4 is 39.8 Å². The molecule has 8 heteroatoms. The smallest absolute Gasteiger partial charge is 0.291 e. The van der Waals surface area contributed by atoms with Crippen LogP contribution >= 0.6 is 11.3 Å². The lowest BCUT2D eigenvalue weighted by atomic mass is 10.1. The SMILES string of the molecule is CCc1ccc(-c2nc(C)c(C(=O)Nc3c(C(=O)N4CCOCC4)oc4ccccc34)s2)cc1. The highest BCUT2D eigenvalue weighted by atomic mass is 32.1. The number of benzene rings is 2. The summed E-state index contributed by atoms with van der Waals surface area (Å²) < 4.78 is 11.3. The van der Waals surface area contributed by atoms with Gasteiger partial charge >= 0.3 is 0 Å². The van der Waals surface area contributed by atoms with E-state index in [1.165, 1.54) is 16.9 Å². The molecular weight excluding hydrogens is 450 g/mol. The van der Waals surface area contributed by atoms with Crippen molar-refractivity contribution in [1.82, 2.24) is 9.88 Å². The molecule has 2 aromatic heterocycles. The Morgan fingerprint density at radius 2 is 1.82 bits per heavy atom. The molecule has 3 heterocycles. The predicted octanol–water partition coefficient (Wildman–Crippen LogP) is 5.15. The summed E-state index contributed by atoms with van der Waals surface area (Å²) >= 11 is 1.34. The van der Waals surface area contributed by atoms with Crippen molar-refractivity contribution in [2.24, 2.45) is 0 Å². The van der Waals surface area contributed by atoms with Gasteiger partial charge in [-0.2, -0.15) is 0 Å². The quantitative estimate of drug-likeness (QED) is 0.431. The molecule has 0 saturated carbocycles. The standard InChI is InChI=1S/C26H25N3O4S/c1-3-17-8-10-18(11-9-17)25-27-16(2)23(34-25)24(30)28-21-19-6-4-5-7-20(19)33-22(21)26(31)29-12-14-32-15-13-29/h4-11H,3,12-15H2,1-2H3,(H,28,30). The minimum Gasteiger partial charge on any atom is -0.449 e. The first-order valence-corrected chi connectivity index (χ1v) is 12.1. The van der Waals surface area contributed by atoms with Crippen LogP contribution in [0.25, 0.3) is 21.5 Å². The van der Waals surface area contributed by atoms with Crippen LogP contribution in [-0.2, 0) is 11.2 Å². The van der Waals surface area contributed by atoms with Gasteiger partial charge in [-0.25, -0.2) is 4.98 Å². The highest BCUT2D eigenvalue weighted by molar-refractivity contribution is 7.17.